The van der Waals surface area contributed by atoms with Crippen molar-refractivity contribution in [3.63, 3.8) is 0 Å². The summed E-state index contributed by atoms with van der Waals surface area (Å²) in [6, 6.07) is 3.73. The summed E-state index contributed by atoms with van der Waals surface area (Å²) in [7, 11) is 0. The fourth-order valence-corrected chi connectivity index (χ4v) is 2.31. The van der Waals surface area contributed by atoms with Crippen LogP contribution in [0.4, 0.5) is 4.79 Å². The Morgan fingerprint density at radius 2 is 2.30 bits per heavy atom. The van der Waals surface area contributed by atoms with Crippen molar-refractivity contribution in [1.82, 2.24) is 9.88 Å². The van der Waals surface area contributed by atoms with Gasteiger partial charge in [0.05, 0.1) is 12.6 Å². The molecule has 0 spiro atoms. The Kier molecular flexibility index (Phi) is 4.16. The third-order valence-corrected chi connectivity index (χ3v) is 3.75. The van der Waals surface area contributed by atoms with E-state index in [9.17, 15) is 4.79 Å². The highest BCUT2D eigenvalue weighted by Gasteiger charge is 2.30. The molecular weight excluding hydrogens is 256 g/mol. The molecular formula is C15H20N2O3. The lowest BCUT2D eigenvalue weighted by Crippen LogP contribution is -2.30. The van der Waals surface area contributed by atoms with Gasteiger partial charge in [-0.2, -0.15) is 0 Å². The van der Waals surface area contributed by atoms with Crippen LogP contribution in [-0.2, 0) is 16.1 Å². The molecule has 1 aromatic heterocycles. The lowest BCUT2D eigenvalue weighted by Gasteiger charge is -2.16. The number of hydrogen-bond donors (Lipinski definition) is 0. The zero-order chi connectivity index (χ0) is 13.8. The van der Waals surface area contributed by atoms with Gasteiger partial charge in [-0.1, -0.05) is 6.07 Å². The highest BCUT2D eigenvalue weighted by atomic mass is 16.6. The monoisotopic (exact) mass is 276 g/mol. The van der Waals surface area contributed by atoms with Gasteiger partial charge in [0.2, 0.25) is 0 Å². The molecule has 0 radical (unpaired) electrons. The van der Waals surface area contributed by atoms with Crippen LogP contribution in [0.15, 0.2) is 24.5 Å². The first-order chi connectivity index (χ1) is 9.81. The third-order valence-electron chi connectivity index (χ3n) is 3.75. The Balaban J connectivity index is 1.39. The van der Waals surface area contributed by atoms with Crippen molar-refractivity contribution in [1.29, 1.82) is 0 Å². The maximum Gasteiger partial charge on any atom is 0.410 e. The molecule has 1 atom stereocenters. The number of rotatable bonds is 5. The normalized spacial score (nSPS) is 22.0. The van der Waals surface area contributed by atoms with Gasteiger partial charge in [0.1, 0.15) is 6.61 Å². The van der Waals surface area contributed by atoms with Gasteiger partial charge in [-0.05, 0) is 31.2 Å². The topological polar surface area (TPSA) is 51.7 Å². The molecule has 0 unspecified atom stereocenters. The summed E-state index contributed by atoms with van der Waals surface area (Å²) >= 11 is 0. The minimum Gasteiger partial charge on any atom is -0.444 e. The zero-order valence-electron chi connectivity index (χ0n) is 11.5. The van der Waals surface area contributed by atoms with Crippen LogP contribution >= 0.6 is 0 Å². The van der Waals surface area contributed by atoms with Crippen molar-refractivity contribution in [2.75, 3.05) is 19.7 Å². The van der Waals surface area contributed by atoms with Gasteiger partial charge < -0.3 is 14.4 Å². The van der Waals surface area contributed by atoms with Gasteiger partial charge in [0.15, 0.2) is 0 Å². The van der Waals surface area contributed by atoms with Gasteiger partial charge in [0.25, 0.3) is 0 Å². The maximum absolute atomic E-state index is 11.9. The number of nitrogens with zero attached hydrogens (tertiary/aromatic N) is 2. The fourth-order valence-electron chi connectivity index (χ4n) is 2.31. The van der Waals surface area contributed by atoms with Crippen molar-refractivity contribution in [2.24, 2.45) is 5.92 Å². The SMILES string of the molecule is O=C(OCc1cccnc1)N1CC[C@@H](OCC2CC2)C1. The van der Waals surface area contributed by atoms with Gasteiger partial charge in [-0.25, -0.2) is 4.79 Å². The van der Waals surface area contributed by atoms with Crippen LogP contribution < -0.4 is 0 Å². The average molecular weight is 276 g/mol. The minimum absolute atomic E-state index is 0.182. The fraction of sp³-hybridized carbons (Fsp3) is 0.600. The van der Waals surface area contributed by atoms with E-state index in [0.717, 1.165) is 31.1 Å². The quantitative estimate of drug-likeness (QED) is 0.827. The smallest absolute Gasteiger partial charge is 0.410 e. The first kappa shape index (κ1) is 13.4. The van der Waals surface area contributed by atoms with E-state index < -0.39 is 0 Å². The summed E-state index contributed by atoms with van der Waals surface area (Å²) in [5.41, 5.74) is 0.904. The lowest BCUT2D eigenvalue weighted by molar-refractivity contribution is 0.0478. The van der Waals surface area contributed by atoms with Crippen LogP contribution in [0.1, 0.15) is 24.8 Å². The molecule has 2 fully saturated rings. The number of carbonyl (C=O) groups excluding carboxylic acids is 1. The summed E-state index contributed by atoms with van der Waals surface area (Å²) in [4.78, 5) is 17.7. The van der Waals surface area contributed by atoms with E-state index in [1.54, 1.807) is 17.3 Å². The summed E-state index contributed by atoms with van der Waals surface area (Å²) < 4.78 is 11.1. The second kappa shape index (κ2) is 6.22. The van der Waals surface area contributed by atoms with E-state index in [1.165, 1.54) is 12.8 Å². The van der Waals surface area contributed by atoms with Crippen molar-refractivity contribution in [3.8, 4) is 0 Å². The number of amides is 1. The molecule has 1 amide bonds. The lowest BCUT2D eigenvalue weighted by atomic mass is 10.3. The highest BCUT2D eigenvalue weighted by molar-refractivity contribution is 5.68. The predicted molar refractivity (Wildman–Crippen MR) is 73.1 cm³/mol. The van der Waals surface area contributed by atoms with E-state index in [4.69, 9.17) is 9.47 Å². The maximum atomic E-state index is 11.9. The summed E-state index contributed by atoms with van der Waals surface area (Å²) in [6.07, 6.45) is 6.84. The van der Waals surface area contributed by atoms with Gasteiger partial charge in [-0.3, -0.25) is 4.98 Å². The van der Waals surface area contributed by atoms with E-state index in [-0.39, 0.29) is 18.8 Å². The minimum atomic E-state index is -0.258. The van der Waals surface area contributed by atoms with Crippen molar-refractivity contribution in [3.05, 3.63) is 30.1 Å². The van der Waals surface area contributed by atoms with Gasteiger partial charge >= 0.3 is 6.09 Å². The molecule has 1 saturated heterocycles. The van der Waals surface area contributed by atoms with Crippen LogP contribution in [-0.4, -0.2) is 41.8 Å². The zero-order valence-corrected chi connectivity index (χ0v) is 11.5. The van der Waals surface area contributed by atoms with Crippen LogP contribution in [0.25, 0.3) is 0 Å². The number of ether oxygens (including phenoxy) is 2. The molecule has 108 valence electrons. The molecule has 2 heterocycles. The molecule has 5 nitrogen and oxygen atoms in total. The second-order valence-corrected chi connectivity index (χ2v) is 5.55. The second-order valence-electron chi connectivity index (χ2n) is 5.55. The highest BCUT2D eigenvalue weighted by Crippen LogP contribution is 2.30. The van der Waals surface area contributed by atoms with Crippen LogP contribution in [0.2, 0.25) is 0 Å². The Morgan fingerprint density at radius 3 is 3.05 bits per heavy atom. The van der Waals surface area contributed by atoms with E-state index >= 15 is 0 Å². The van der Waals surface area contributed by atoms with Crippen LogP contribution in [0, 0.1) is 5.92 Å². The van der Waals surface area contributed by atoms with E-state index in [1.807, 2.05) is 12.1 Å². The Bertz CT molecular complexity index is 448. The van der Waals surface area contributed by atoms with E-state index in [0.29, 0.717) is 6.54 Å². The van der Waals surface area contributed by atoms with E-state index in [2.05, 4.69) is 4.98 Å². The molecule has 1 aromatic rings. The van der Waals surface area contributed by atoms with Crippen molar-refractivity contribution in [2.45, 2.75) is 32.0 Å². The van der Waals surface area contributed by atoms with Gasteiger partial charge in [-0.15, -0.1) is 0 Å². The largest absolute Gasteiger partial charge is 0.444 e. The molecule has 1 saturated carbocycles. The first-order valence-corrected chi connectivity index (χ1v) is 7.23. The molecule has 0 aromatic carbocycles. The molecule has 3 rings (SSSR count). The molecule has 0 N–H and O–H groups in total. The average Bonchev–Trinajstić information content (AvgIpc) is 3.20. The van der Waals surface area contributed by atoms with Gasteiger partial charge in [0, 0.05) is 31.1 Å². The molecule has 5 heteroatoms. The first-order valence-electron chi connectivity index (χ1n) is 7.23. The number of pyridine rings is 1. The predicted octanol–water partition coefficient (Wildman–Crippen LogP) is 2.22. The summed E-state index contributed by atoms with van der Waals surface area (Å²) in [5.74, 6) is 0.765. The molecule has 20 heavy (non-hydrogen) atoms. The summed E-state index contributed by atoms with van der Waals surface area (Å²) in [6.45, 7) is 2.50. The number of aromatic nitrogens is 1. The third kappa shape index (κ3) is 3.70. The molecule has 2 aliphatic rings. The Hall–Kier alpha value is -1.62. The number of likely N-dealkylation sites (tertiary alicyclic amines) is 1. The number of hydrogen-bond acceptors (Lipinski definition) is 4. The van der Waals surface area contributed by atoms with Crippen LogP contribution in [0.5, 0.6) is 0 Å². The Morgan fingerprint density at radius 1 is 1.40 bits per heavy atom. The molecule has 1 aliphatic heterocycles. The molecule has 0 bridgehead atoms. The number of carbonyl (C=O) groups is 1. The van der Waals surface area contributed by atoms with Crippen LogP contribution in [0.3, 0.4) is 0 Å². The standard InChI is InChI=1S/C15H20N2O3/c18-15(20-11-13-2-1-6-16-8-13)17-7-5-14(9-17)19-10-12-3-4-12/h1-2,6,8,12,14H,3-5,7,9-11H2/t14-/m1/s1. The summed E-state index contributed by atoms with van der Waals surface area (Å²) in [5, 5.41) is 0. The Labute approximate surface area is 118 Å². The van der Waals surface area contributed by atoms with Crippen molar-refractivity contribution >= 4 is 6.09 Å². The molecule has 1 aliphatic carbocycles. The van der Waals surface area contributed by atoms with Crippen molar-refractivity contribution < 1.29 is 14.3 Å².